The van der Waals surface area contributed by atoms with Gasteiger partial charge in [-0.15, -0.1) is 0 Å². The number of hydrogen-bond acceptors (Lipinski definition) is 3. The van der Waals surface area contributed by atoms with E-state index in [1.165, 1.54) is 12.3 Å². The summed E-state index contributed by atoms with van der Waals surface area (Å²) in [5, 5.41) is 4.61. The molecule has 106 valence electrons. The van der Waals surface area contributed by atoms with Crippen molar-refractivity contribution < 1.29 is 13.7 Å². The minimum atomic E-state index is -0.515. The highest BCUT2D eigenvalue weighted by Gasteiger charge is 2.52. The molecule has 1 aliphatic heterocycles. The number of rotatable bonds is 1. The fourth-order valence-electron chi connectivity index (χ4n) is 2.45. The zero-order valence-corrected chi connectivity index (χ0v) is 12.4. The van der Waals surface area contributed by atoms with Crippen LogP contribution in [-0.4, -0.2) is 28.1 Å². The van der Waals surface area contributed by atoms with Gasteiger partial charge in [0.1, 0.15) is 5.82 Å². The molecule has 0 spiro atoms. The van der Waals surface area contributed by atoms with E-state index in [0.29, 0.717) is 10.9 Å². The fourth-order valence-corrected chi connectivity index (χ4v) is 2.45. The Labute approximate surface area is 118 Å². The van der Waals surface area contributed by atoms with E-state index < -0.39 is 18.3 Å². The molecule has 2 heterocycles. The number of halogens is 1. The van der Waals surface area contributed by atoms with E-state index in [9.17, 15) is 4.39 Å². The van der Waals surface area contributed by atoms with Crippen molar-refractivity contribution in [1.82, 2.24) is 9.78 Å². The van der Waals surface area contributed by atoms with Crippen LogP contribution in [0.5, 0.6) is 0 Å². The van der Waals surface area contributed by atoms with Gasteiger partial charge in [-0.25, -0.2) is 4.39 Å². The van der Waals surface area contributed by atoms with Gasteiger partial charge in [0.25, 0.3) is 0 Å². The van der Waals surface area contributed by atoms with Gasteiger partial charge in [-0.2, -0.15) is 5.10 Å². The Hall–Kier alpha value is -1.40. The molecule has 0 amide bonds. The van der Waals surface area contributed by atoms with Crippen molar-refractivity contribution in [2.75, 3.05) is 0 Å². The molecule has 4 nitrogen and oxygen atoms in total. The molecule has 0 bridgehead atoms. The van der Waals surface area contributed by atoms with Crippen molar-refractivity contribution in [2.45, 2.75) is 38.9 Å². The lowest BCUT2D eigenvalue weighted by atomic mass is 9.78. The Morgan fingerprint density at radius 1 is 1.15 bits per heavy atom. The minimum Gasteiger partial charge on any atom is -0.399 e. The van der Waals surface area contributed by atoms with Crippen LogP contribution < -0.4 is 5.46 Å². The minimum absolute atomic E-state index is 0.284. The molecule has 20 heavy (non-hydrogen) atoms. The number of fused-ring (bicyclic) bond motifs is 1. The van der Waals surface area contributed by atoms with E-state index in [2.05, 4.69) is 5.10 Å². The number of nitrogens with zero attached hydrogens (tertiary/aromatic N) is 2. The summed E-state index contributed by atoms with van der Waals surface area (Å²) in [5.41, 5.74) is 0.678. The number of hydrogen-bond donors (Lipinski definition) is 0. The number of aromatic nitrogens is 2. The molecule has 2 aromatic rings. The summed E-state index contributed by atoms with van der Waals surface area (Å²) in [7, 11) is 1.27. The molecule has 0 N–H and O–H groups in total. The quantitative estimate of drug-likeness (QED) is 0.747. The summed E-state index contributed by atoms with van der Waals surface area (Å²) in [5.74, 6) is -0.284. The molecule has 1 saturated heterocycles. The molecule has 3 rings (SSSR count). The van der Waals surface area contributed by atoms with Crippen molar-refractivity contribution in [2.24, 2.45) is 7.05 Å². The van der Waals surface area contributed by atoms with Gasteiger partial charge in [-0.3, -0.25) is 4.68 Å². The van der Waals surface area contributed by atoms with Gasteiger partial charge in [0.15, 0.2) is 0 Å². The molecule has 1 aliphatic rings. The molecular formula is C14H18BFN2O2. The standard InChI is InChI=1S/C14H18BFN2O2/c1-13(2)14(3,4)20-15(19-13)10-6-7-11(16)9-8-17-18(5)12(9)10/h6-8H,1-5H3. The van der Waals surface area contributed by atoms with Crippen molar-refractivity contribution in [3.05, 3.63) is 24.1 Å². The summed E-state index contributed by atoms with van der Waals surface area (Å²) in [6, 6.07) is 3.14. The second-order valence-electron chi connectivity index (χ2n) is 6.26. The summed E-state index contributed by atoms with van der Waals surface area (Å²) < 4.78 is 27.6. The van der Waals surface area contributed by atoms with Crippen LogP contribution in [-0.2, 0) is 16.4 Å². The van der Waals surface area contributed by atoms with Crippen molar-refractivity contribution >= 4 is 23.5 Å². The topological polar surface area (TPSA) is 36.3 Å². The predicted octanol–water partition coefficient (Wildman–Crippen LogP) is 2.01. The lowest BCUT2D eigenvalue weighted by molar-refractivity contribution is 0.00578. The van der Waals surface area contributed by atoms with E-state index in [1.54, 1.807) is 17.8 Å². The molecule has 0 unspecified atom stereocenters. The Morgan fingerprint density at radius 2 is 1.75 bits per heavy atom. The van der Waals surface area contributed by atoms with Crippen LogP contribution >= 0.6 is 0 Å². The second-order valence-corrected chi connectivity index (χ2v) is 6.26. The maximum absolute atomic E-state index is 13.8. The molecule has 0 aliphatic carbocycles. The first-order valence-corrected chi connectivity index (χ1v) is 6.69. The highest BCUT2D eigenvalue weighted by molar-refractivity contribution is 6.65. The summed E-state index contributed by atoms with van der Waals surface area (Å²) in [6.07, 6.45) is 1.53. The SMILES string of the molecule is Cn1ncc2c(F)ccc(B3OC(C)(C)C(C)(C)O3)c21. The normalized spacial score (nSPS) is 20.8. The van der Waals surface area contributed by atoms with Gasteiger partial charge in [-0.05, 0) is 33.8 Å². The predicted molar refractivity (Wildman–Crippen MR) is 76.4 cm³/mol. The van der Waals surface area contributed by atoms with Gasteiger partial charge >= 0.3 is 7.12 Å². The van der Waals surface area contributed by atoms with Crippen LogP contribution in [0.25, 0.3) is 10.9 Å². The molecule has 0 atom stereocenters. The second kappa shape index (κ2) is 4.05. The van der Waals surface area contributed by atoms with Crippen molar-refractivity contribution in [1.29, 1.82) is 0 Å². The molecule has 6 heteroatoms. The van der Waals surface area contributed by atoms with Crippen LogP contribution in [0, 0.1) is 5.82 Å². The van der Waals surface area contributed by atoms with Crippen molar-refractivity contribution in [3.63, 3.8) is 0 Å². The van der Waals surface area contributed by atoms with Gasteiger partial charge in [0.2, 0.25) is 0 Å². The van der Waals surface area contributed by atoms with Crippen LogP contribution in [0.15, 0.2) is 18.3 Å². The zero-order chi connectivity index (χ0) is 14.7. The first-order valence-electron chi connectivity index (χ1n) is 6.69. The largest absolute Gasteiger partial charge is 0.497 e. The average molecular weight is 276 g/mol. The Kier molecular flexibility index (Phi) is 2.75. The van der Waals surface area contributed by atoms with Gasteiger partial charge in [-0.1, -0.05) is 6.07 Å². The summed E-state index contributed by atoms with van der Waals surface area (Å²) in [4.78, 5) is 0. The Morgan fingerprint density at radius 3 is 2.35 bits per heavy atom. The number of aryl methyl sites for hydroxylation is 1. The molecule has 0 radical (unpaired) electrons. The molecule has 1 fully saturated rings. The maximum atomic E-state index is 13.8. The van der Waals surface area contributed by atoms with Crippen LogP contribution in [0.3, 0.4) is 0 Å². The van der Waals surface area contributed by atoms with Gasteiger partial charge in [0.05, 0.1) is 28.3 Å². The van der Waals surface area contributed by atoms with E-state index >= 15 is 0 Å². The molecule has 1 aromatic carbocycles. The highest BCUT2D eigenvalue weighted by Crippen LogP contribution is 2.37. The summed E-state index contributed by atoms with van der Waals surface area (Å²) in [6.45, 7) is 7.99. The van der Waals surface area contributed by atoms with E-state index in [1.807, 2.05) is 27.7 Å². The third kappa shape index (κ3) is 1.78. The maximum Gasteiger partial charge on any atom is 0.497 e. The first-order chi connectivity index (χ1) is 9.23. The highest BCUT2D eigenvalue weighted by atomic mass is 19.1. The summed E-state index contributed by atoms with van der Waals surface area (Å²) >= 11 is 0. The third-order valence-corrected chi connectivity index (χ3v) is 4.39. The molecule has 0 saturated carbocycles. The Balaban J connectivity index is 2.13. The van der Waals surface area contributed by atoms with E-state index in [0.717, 1.165) is 5.46 Å². The van der Waals surface area contributed by atoms with Crippen molar-refractivity contribution in [3.8, 4) is 0 Å². The van der Waals surface area contributed by atoms with Crippen LogP contribution in [0.2, 0.25) is 0 Å². The molecule has 1 aromatic heterocycles. The smallest absolute Gasteiger partial charge is 0.399 e. The fraction of sp³-hybridized carbons (Fsp3) is 0.500. The lowest BCUT2D eigenvalue weighted by Gasteiger charge is -2.32. The van der Waals surface area contributed by atoms with E-state index in [4.69, 9.17) is 9.31 Å². The average Bonchev–Trinajstić information content (AvgIpc) is 2.80. The van der Waals surface area contributed by atoms with E-state index in [-0.39, 0.29) is 5.82 Å². The zero-order valence-electron chi connectivity index (χ0n) is 12.4. The third-order valence-electron chi connectivity index (χ3n) is 4.39. The van der Waals surface area contributed by atoms with Gasteiger partial charge < -0.3 is 9.31 Å². The lowest BCUT2D eigenvalue weighted by Crippen LogP contribution is -2.41. The monoisotopic (exact) mass is 276 g/mol. The van der Waals surface area contributed by atoms with Crippen LogP contribution in [0.4, 0.5) is 4.39 Å². The Bertz CT molecular complexity index is 665. The number of benzene rings is 1. The van der Waals surface area contributed by atoms with Gasteiger partial charge in [0, 0.05) is 12.5 Å². The first kappa shape index (κ1) is 13.6. The van der Waals surface area contributed by atoms with Crippen LogP contribution in [0.1, 0.15) is 27.7 Å². The molecular weight excluding hydrogens is 258 g/mol.